The third-order valence-corrected chi connectivity index (χ3v) is 5.04. The Bertz CT molecular complexity index is 619. The highest BCUT2D eigenvalue weighted by Crippen LogP contribution is 2.42. The van der Waals surface area contributed by atoms with E-state index in [4.69, 9.17) is 0 Å². The summed E-state index contributed by atoms with van der Waals surface area (Å²) in [6, 6.07) is 1.07. The van der Waals surface area contributed by atoms with Crippen molar-refractivity contribution in [1.29, 1.82) is 0 Å². The predicted molar refractivity (Wildman–Crippen MR) is 75.8 cm³/mol. The fraction of sp³-hybridized carbons (Fsp3) is 0.769. The van der Waals surface area contributed by atoms with E-state index in [1.807, 2.05) is 0 Å². The van der Waals surface area contributed by atoms with Crippen molar-refractivity contribution in [2.45, 2.75) is 45.3 Å². The van der Waals surface area contributed by atoms with E-state index in [9.17, 15) is 21.6 Å². The molecule has 1 N–H and O–H groups in total. The van der Waals surface area contributed by atoms with Crippen LogP contribution in [-0.2, 0) is 22.7 Å². The molecule has 0 bridgehead atoms. The molecule has 9 heteroatoms. The Morgan fingerprint density at radius 2 is 2.05 bits per heavy atom. The van der Waals surface area contributed by atoms with Gasteiger partial charge in [0.05, 0.1) is 12.3 Å². The van der Waals surface area contributed by atoms with Crippen molar-refractivity contribution in [2.24, 2.45) is 5.92 Å². The lowest BCUT2D eigenvalue weighted by atomic mass is 10.2. The van der Waals surface area contributed by atoms with Gasteiger partial charge in [-0.25, -0.2) is 13.1 Å². The van der Waals surface area contributed by atoms with Crippen LogP contribution in [0.1, 0.15) is 44.0 Å². The standard InChI is InChI=1S/C13H20F3N3O2S/c1-9(2)8-22(20,21)17-5-6-19-11(10-3-4-10)7-12(18-19)13(14,15)16/h7,9-10,17H,3-6,8H2,1-2H3. The molecule has 1 fully saturated rings. The molecule has 0 amide bonds. The molecule has 1 aromatic rings. The van der Waals surface area contributed by atoms with Crippen molar-refractivity contribution in [3.05, 3.63) is 17.5 Å². The van der Waals surface area contributed by atoms with Gasteiger partial charge in [-0.05, 0) is 24.8 Å². The van der Waals surface area contributed by atoms with Crippen LogP contribution < -0.4 is 4.72 Å². The molecule has 22 heavy (non-hydrogen) atoms. The molecule has 1 saturated carbocycles. The lowest BCUT2D eigenvalue weighted by Gasteiger charge is -2.10. The molecule has 5 nitrogen and oxygen atoms in total. The van der Waals surface area contributed by atoms with E-state index < -0.39 is 21.9 Å². The van der Waals surface area contributed by atoms with Crippen molar-refractivity contribution < 1.29 is 21.6 Å². The number of nitrogens with zero attached hydrogens (tertiary/aromatic N) is 2. The first kappa shape index (κ1) is 17.3. The highest BCUT2D eigenvalue weighted by atomic mass is 32.2. The molecule has 0 aromatic carbocycles. The van der Waals surface area contributed by atoms with E-state index in [-0.39, 0.29) is 30.7 Å². The van der Waals surface area contributed by atoms with Gasteiger partial charge in [0.15, 0.2) is 5.69 Å². The molecular formula is C13H20F3N3O2S. The highest BCUT2D eigenvalue weighted by molar-refractivity contribution is 7.89. The van der Waals surface area contributed by atoms with Gasteiger partial charge in [0.1, 0.15) is 0 Å². The quantitative estimate of drug-likeness (QED) is 0.829. The van der Waals surface area contributed by atoms with Crippen LogP contribution in [-0.4, -0.2) is 30.5 Å². The zero-order chi connectivity index (χ0) is 16.5. The molecule has 0 spiro atoms. The van der Waals surface area contributed by atoms with Crippen LogP contribution in [0.3, 0.4) is 0 Å². The fourth-order valence-corrected chi connectivity index (χ4v) is 3.66. The summed E-state index contributed by atoms with van der Waals surface area (Å²) < 4.78 is 65.3. The average molecular weight is 339 g/mol. The second kappa shape index (κ2) is 6.19. The van der Waals surface area contributed by atoms with Gasteiger partial charge in [0, 0.05) is 18.2 Å². The van der Waals surface area contributed by atoms with E-state index in [1.165, 1.54) is 4.68 Å². The van der Waals surface area contributed by atoms with Crippen LogP contribution in [0.4, 0.5) is 13.2 Å². The summed E-state index contributed by atoms with van der Waals surface area (Å²) in [6.45, 7) is 3.70. The number of alkyl halides is 3. The van der Waals surface area contributed by atoms with Crippen molar-refractivity contribution in [2.75, 3.05) is 12.3 Å². The van der Waals surface area contributed by atoms with E-state index >= 15 is 0 Å². The van der Waals surface area contributed by atoms with Gasteiger partial charge in [-0.3, -0.25) is 4.68 Å². The van der Waals surface area contributed by atoms with Gasteiger partial charge in [0.25, 0.3) is 0 Å². The number of rotatable bonds is 7. The zero-order valence-corrected chi connectivity index (χ0v) is 13.3. The van der Waals surface area contributed by atoms with E-state index in [0.717, 1.165) is 18.9 Å². The minimum absolute atomic E-state index is 0.00457. The second-order valence-electron chi connectivity index (χ2n) is 6.02. The summed E-state index contributed by atoms with van der Waals surface area (Å²) in [5.74, 6) is 0.0898. The largest absolute Gasteiger partial charge is 0.435 e. The molecule has 1 aliphatic carbocycles. The minimum Gasteiger partial charge on any atom is -0.267 e. The topological polar surface area (TPSA) is 64.0 Å². The molecule has 0 atom stereocenters. The Morgan fingerprint density at radius 3 is 2.55 bits per heavy atom. The lowest BCUT2D eigenvalue weighted by molar-refractivity contribution is -0.141. The molecule has 0 saturated heterocycles. The Labute approximate surface area is 127 Å². The maximum absolute atomic E-state index is 12.7. The summed E-state index contributed by atoms with van der Waals surface area (Å²) >= 11 is 0. The van der Waals surface area contributed by atoms with Crippen LogP contribution in [0.25, 0.3) is 0 Å². The summed E-state index contributed by atoms with van der Waals surface area (Å²) in [6.07, 6.45) is -2.78. The van der Waals surface area contributed by atoms with Gasteiger partial charge in [-0.15, -0.1) is 0 Å². The fourth-order valence-electron chi connectivity index (χ4n) is 2.26. The summed E-state index contributed by atoms with van der Waals surface area (Å²) in [5, 5.41) is 3.58. The highest BCUT2D eigenvalue weighted by Gasteiger charge is 2.37. The minimum atomic E-state index is -4.48. The second-order valence-corrected chi connectivity index (χ2v) is 7.87. The number of hydrogen-bond donors (Lipinski definition) is 1. The number of sulfonamides is 1. The van der Waals surface area contributed by atoms with Crippen molar-refractivity contribution in [1.82, 2.24) is 14.5 Å². The Hall–Kier alpha value is -1.09. The van der Waals surface area contributed by atoms with Crippen LogP contribution >= 0.6 is 0 Å². The first-order valence-electron chi connectivity index (χ1n) is 7.21. The van der Waals surface area contributed by atoms with Gasteiger partial charge in [-0.2, -0.15) is 18.3 Å². The SMILES string of the molecule is CC(C)CS(=O)(=O)NCCn1nc(C(F)(F)F)cc1C1CC1. The predicted octanol–water partition coefficient (Wildman–Crippen LogP) is 2.35. The van der Waals surface area contributed by atoms with Crippen molar-refractivity contribution in [3.63, 3.8) is 0 Å². The van der Waals surface area contributed by atoms with Crippen LogP contribution in [0.5, 0.6) is 0 Å². The summed E-state index contributed by atoms with van der Waals surface area (Å²) in [4.78, 5) is 0. The molecule has 1 aliphatic rings. The van der Waals surface area contributed by atoms with E-state index in [1.54, 1.807) is 13.8 Å². The summed E-state index contributed by atoms with van der Waals surface area (Å²) in [5.41, 5.74) is -0.380. The smallest absolute Gasteiger partial charge is 0.267 e. The van der Waals surface area contributed by atoms with Gasteiger partial charge in [-0.1, -0.05) is 13.8 Å². The maximum Gasteiger partial charge on any atom is 0.435 e. The lowest BCUT2D eigenvalue weighted by Crippen LogP contribution is -2.31. The zero-order valence-electron chi connectivity index (χ0n) is 12.5. The monoisotopic (exact) mass is 339 g/mol. The first-order chi connectivity index (χ1) is 10.1. The Morgan fingerprint density at radius 1 is 1.41 bits per heavy atom. The molecule has 2 rings (SSSR count). The normalized spacial score (nSPS) is 16.5. The van der Waals surface area contributed by atoms with Crippen LogP contribution in [0.15, 0.2) is 6.07 Å². The maximum atomic E-state index is 12.7. The van der Waals surface area contributed by atoms with Crippen molar-refractivity contribution >= 4 is 10.0 Å². The van der Waals surface area contributed by atoms with Crippen LogP contribution in [0, 0.1) is 5.92 Å². The van der Waals surface area contributed by atoms with E-state index in [0.29, 0.717) is 5.69 Å². The van der Waals surface area contributed by atoms with Crippen LogP contribution in [0.2, 0.25) is 0 Å². The third-order valence-electron chi connectivity index (χ3n) is 3.30. The molecular weight excluding hydrogens is 319 g/mol. The average Bonchev–Trinajstić information content (AvgIpc) is 3.07. The van der Waals surface area contributed by atoms with Gasteiger partial charge < -0.3 is 0 Å². The first-order valence-corrected chi connectivity index (χ1v) is 8.86. The van der Waals surface area contributed by atoms with E-state index in [2.05, 4.69) is 9.82 Å². The third kappa shape index (κ3) is 4.70. The number of aromatic nitrogens is 2. The Balaban J connectivity index is 2.02. The molecule has 1 aromatic heterocycles. The van der Waals surface area contributed by atoms with Gasteiger partial charge >= 0.3 is 6.18 Å². The van der Waals surface area contributed by atoms with Crippen molar-refractivity contribution in [3.8, 4) is 0 Å². The summed E-state index contributed by atoms with van der Waals surface area (Å²) in [7, 11) is -3.40. The molecule has 126 valence electrons. The number of hydrogen-bond acceptors (Lipinski definition) is 3. The number of halogens is 3. The van der Waals surface area contributed by atoms with Gasteiger partial charge in [0.2, 0.25) is 10.0 Å². The Kier molecular flexibility index (Phi) is 4.86. The number of nitrogens with one attached hydrogen (secondary N) is 1. The molecule has 0 unspecified atom stereocenters. The molecule has 0 radical (unpaired) electrons. The molecule has 1 heterocycles. The molecule has 0 aliphatic heterocycles.